The number of ether oxygens (including phenoxy) is 1. The first-order valence-electron chi connectivity index (χ1n) is 11.1. The van der Waals surface area contributed by atoms with Gasteiger partial charge in [-0.3, -0.25) is 4.99 Å². The fraction of sp³-hybridized carbons (Fsp3) is 0.696. The summed E-state index contributed by atoms with van der Waals surface area (Å²) in [5, 5.41) is 7.93. The van der Waals surface area contributed by atoms with E-state index in [2.05, 4.69) is 53.4 Å². The summed E-state index contributed by atoms with van der Waals surface area (Å²) in [7, 11) is 1.84. The highest BCUT2D eigenvalue weighted by Crippen LogP contribution is 2.35. The van der Waals surface area contributed by atoms with Crippen LogP contribution >= 0.6 is 11.6 Å². The number of benzene rings is 1. The topological polar surface area (TPSA) is 48.9 Å². The second-order valence-electron chi connectivity index (χ2n) is 8.04. The molecule has 0 radical (unpaired) electrons. The van der Waals surface area contributed by atoms with Gasteiger partial charge in [0.15, 0.2) is 5.96 Å². The molecule has 0 aromatic heterocycles. The Hall–Kier alpha value is -1.30. The summed E-state index contributed by atoms with van der Waals surface area (Å²) in [6, 6.07) is 8.64. The van der Waals surface area contributed by atoms with Crippen LogP contribution in [-0.2, 0) is 10.2 Å². The van der Waals surface area contributed by atoms with E-state index >= 15 is 0 Å². The summed E-state index contributed by atoms with van der Waals surface area (Å²) in [4.78, 5) is 6.93. The van der Waals surface area contributed by atoms with Crippen LogP contribution in [0.2, 0.25) is 5.02 Å². The molecule has 1 atom stereocenters. The minimum atomic E-state index is 0.0206. The normalized spacial score (nSPS) is 17.9. The summed E-state index contributed by atoms with van der Waals surface area (Å²) >= 11 is 6.29. The Morgan fingerprint density at radius 3 is 2.62 bits per heavy atom. The van der Waals surface area contributed by atoms with E-state index in [1.165, 1.54) is 12.0 Å². The lowest BCUT2D eigenvalue weighted by molar-refractivity contribution is 0.0513. The molecule has 1 fully saturated rings. The highest BCUT2D eigenvalue weighted by Gasteiger charge is 2.34. The number of guanidine groups is 1. The Bertz CT molecular complexity index is 627. The quantitative estimate of drug-likeness (QED) is 0.441. The number of hydrogen-bond donors (Lipinski definition) is 2. The lowest BCUT2D eigenvalue weighted by Gasteiger charge is -2.38. The average Bonchev–Trinajstić information content (AvgIpc) is 2.75. The van der Waals surface area contributed by atoms with Crippen LogP contribution in [0.4, 0.5) is 0 Å². The van der Waals surface area contributed by atoms with E-state index < -0.39 is 0 Å². The molecule has 5 nitrogen and oxygen atoms in total. The largest absolute Gasteiger partial charge is 0.381 e. The molecule has 1 unspecified atom stereocenters. The van der Waals surface area contributed by atoms with Gasteiger partial charge in [0.2, 0.25) is 0 Å². The van der Waals surface area contributed by atoms with Crippen LogP contribution in [0.1, 0.15) is 52.0 Å². The zero-order valence-electron chi connectivity index (χ0n) is 18.6. The summed E-state index contributed by atoms with van der Waals surface area (Å²) in [5.41, 5.74) is 1.30. The molecule has 164 valence electrons. The Balaban J connectivity index is 1.91. The standard InChI is InChI=1S/C23H39ClN4O/c1-5-28(6-2)14-8-9-19(3)27-22(25-4)26-18-23(12-15-29-16-13-23)20-10-7-11-21(24)17-20/h7,10-11,17,19H,5-6,8-9,12-16,18H2,1-4H3,(H2,25,26,27). The second kappa shape index (κ2) is 12.4. The van der Waals surface area contributed by atoms with Gasteiger partial charge in [0, 0.05) is 43.3 Å². The van der Waals surface area contributed by atoms with E-state index in [1.807, 2.05) is 19.2 Å². The fourth-order valence-corrected chi connectivity index (χ4v) is 4.25. The third kappa shape index (κ3) is 7.47. The summed E-state index contributed by atoms with van der Waals surface area (Å²) in [6.07, 6.45) is 4.29. The van der Waals surface area contributed by atoms with Crippen LogP contribution in [-0.4, -0.2) is 63.3 Å². The number of aliphatic imine (C=N–C) groups is 1. The van der Waals surface area contributed by atoms with Crippen LogP contribution in [0, 0.1) is 0 Å². The molecule has 29 heavy (non-hydrogen) atoms. The maximum Gasteiger partial charge on any atom is 0.191 e. The molecule has 1 heterocycles. The monoisotopic (exact) mass is 422 g/mol. The molecule has 2 N–H and O–H groups in total. The van der Waals surface area contributed by atoms with E-state index in [0.29, 0.717) is 6.04 Å². The Kier molecular flexibility index (Phi) is 10.3. The first-order valence-corrected chi connectivity index (χ1v) is 11.4. The number of hydrogen-bond acceptors (Lipinski definition) is 3. The van der Waals surface area contributed by atoms with E-state index in [1.54, 1.807) is 0 Å². The van der Waals surface area contributed by atoms with Crippen LogP contribution in [0.15, 0.2) is 29.3 Å². The van der Waals surface area contributed by atoms with Crippen LogP contribution < -0.4 is 10.6 Å². The Morgan fingerprint density at radius 1 is 1.28 bits per heavy atom. The minimum absolute atomic E-state index is 0.0206. The van der Waals surface area contributed by atoms with Crippen molar-refractivity contribution in [1.29, 1.82) is 0 Å². The number of nitrogens with one attached hydrogen (secondary N) is 2. The van der Waals surface area contributed by atoms with Crippen LogP contribution in [0.3, 0.4) is 0 Å². The molecule has 1 saturated heterocycles. The molecule has 0 aliphatic carbocycles. The third-order valence-corrected chi connectivity index (χ3v) is 6.33. The predicted molar refractivity (Wildman–Crippen MR) is 124 cm³/mol. The molecule has 2 rings (SSSR count). The van der Waals surface area contributed by atoms with Gasteiger partial charge in [-0.15, -0.1) is 0 Å². The number of nitrogens with zero attached hydrogens (tertiary/aromatic N) is 2. The first-order chi connectivity index (χ1) is 14.0. The highest BCUT2D eigenvalue weighted by atomic mass is 35.5. The van der Waals surface area contributed by atoms with Crippen molar-refractivity contribution in [2.75, 3.05) is 46.4 Å². The van der Waals surface area contributed by atoms with Gasteiger partial charge in [0.05, 0.1) is 0 Å². The van der Waals surface area contributed by atoms with Gasteiger partial charge in [-0.25, -0.2) is 0 Å². The lowest BCUT2D eigenvalue weighted by atomic mass is 9.74. The van der Waals surface area contributed by atoms with E-state index in [4.69, 9.17) is 16.3 Å². The van der Waals surface area contributed by atoms with Gasteiger partial charge < -0.3 is 20.3 Å². The molecule has 0 saturated carbocycles. The molecule has 1 aromatic carbocycles. The SMILES string of the molecule is CCN(CC)CCCC(C)NC(=NC)NCC1(c2cccc(Cl)c2)CCOCC1. The van der Waals surface area contributed by atoms with E-state index in [9.17, 15) is 0 Å². The Morgan fingerprint density at radius 2 is 2.00 bits per heavy atom. The van der Waals surface area contributed by atoms with Gasteiger partial charge in [-0.1, -0.05) is 37.6 Å². The van der Waals surface area contributed by atoms with Crippen LogP contribution in [0.5, 0.6) is 0 Å². The average molecular weight is 423 g/mol. The lowest BCUT2D eigenvalue weighted by Crippen LogP contribution is -2.49. The Labute approximate surface area is 182 Å². The molecule has 0 bridgehead atoms. The van der Waals surface area contributed by atoms with Crippen LogP contribution in [0.25, 0.3) is 0 Å². The van der Waals surface area contributed by atoms with Crippen molar-refractivity contribution in [2.24, 2.45) is 4.99 Å². The van der Waals surface area contributed by atoms with Crippen molar-refractivity contribution in [3.05, 3.63) is 34.9 Å². The summed E-state index contributed by atoms with van der Waals surface area (Å²) < 4.78 is 5.65. The zero-order valence-corrected chi connectivity index (χ0v) is 19.4. The van der Waals surface area contributed by atoms with E-state index in [0.717, 1.165) is 69.6 Å². The molecule has 1 aromatic rings. The predicted octanol–water partition coefficient (Wildman–Crippen LogP) is 4.06. The fourth-order valence-electron chi connectivity index (χ4n) is 4.06. The van der Waals surface area contributed by atoms with Gasteiger partial charge in [-0.05, 0) is 69.9 Å². The molecule has 1 aliphatic heterocycles. The molecule has 0 spiro atoms. The van der Waals surface area contributed by atoms with Crippen molar-refractivity contribution in [3.63, 3.8) is 0 Å². The maximum atomic E-state index is 6.29. The van der Waals surface area contributed by atoms with Crippen molar-refractivity contribution >= 4 is 17.6 Å². The first kappa shape index (κ1) is 24.0. The van der Waals surface area contributed by atoms with Gasteiger partial charge in [0.1, 0.15) is 0 Å². The number of rotatable bonds is 10. The van der Waals surface area contributed by atoms with Gasteiger partial charge in [-0.2, -0.15) is 0 Å². The molecule has 1 aliphatic rings. The third-order valence-electron chi connectivity index (χ3n) is 6.09. The maximum absolute atomic E-state index is 6.29. The van der Waals surface area contributed by atoms with Crippen molar-refractivity contribution in [1.82, 2.24) is 15.5 Å². The minimum Gasteiger partial charge on any atom is -0.381 e. The van der Waals surface area contributed by atoms with Crippen molar-refractivity contribution < 1.29 is 4.74 Å². The molecule has 0 amide bonds. The van der Waals surface area contributed by atoms with E-state index in [-0.39, 0.29) is 5.41 Å². The summed E-state index contributed by atoms with van der Waals surface area (Å²) in [6.45, 7) is 12.5. The zero-order chi connectivity index (χ0) is 21.1. The highest BCUT2D eigenvalue weighted by molar-refractivity contribution is 6.30. The molecular weight excluding hydrogens is 384 g/mol. The number of halogens is 1. The molecule has 6 heteroatoms. The van der Waals surface area contributed by atoms with Crippen molar-refractivity contribution in [3.8, 4) is 0 Å². The van der Waals surface area contributed by atoms with Gasteiger partial charge >= 0.3 is 0 Å². The summed E-state index contributed by atoms with van der Waals surface area (Å²) in [5.74, 6) is 0.869. The van der Waals surface area contributed by atoms with Gasteiger partial charge in [0.25, 0.3) is 0 Å². The second-order valence-corrected chi connectivity index (χ2v) is 8.48. The van der Waals surface area contributed by atoms with Crippen molar-refractivity contribution in [2.45, 2.75) is 57.9 Å². The smallest absolute Gasteiger partial charge is 0.191 e. The molecular formula is C23H39ClN4O.